The summed E-state index contributed by atoms with van der Waals surface area (Å²) < 4.78 is 13.9. The monoisotopic (exact) mass is 352 g/mol. The number of nitrogens with zero attached hydrogens (tertiary/aromatic N) is 8. The third-order valence-electron chi connectivity index (χ3n) is 4.74. The first kappa shape index (κ1) is 15.0. The Kier molecular flexibility index (Phi) is 3.24. The first-order chi connectivity index (χ1) is 12.8. The highest BCUT2D eigenvalue weighted by atomic mass is 16.5. The van der Waals surface area contributed by atoms with Gasteiger partial charge in [-0.25, -0.2) is 4.98 Å². The van der Waals surface area contributed by atoms with E-state index in [1.807, 2.05) is 7.05 Å². The molecule has 1 aliphatic carbocycles. The van der Waals surface area contributed by atoms with Gasteiger partial charge >= 0.3 is 0 Å². The molecular weight excluding hydrogens is 336 g/mol. The predicted molar refractivity (Wildman–Crippen MR) is 89.4 cm³/mol. The lowest BCUT2D eigenvalue weighted by molar-refractivity contribution is 0.373. The van der Waals surface area contributed by atoms with Crippen LogP contribution in [0.5, 0.6) is 5.75 Å². The van der Waals surface area contributed by atoms with Crippen molar-refractivity contribution in [2.24, 2.45) is 7.05 Å². The Morgan fingerprint density at radius 1 is 1.23 bits per heavy atom. The van der Waals surface area contributed by atoms with E-state index in [4.69, 9.17) is 14.4 Å². The summed E-state index contributed by atoms with van der Waals surface area (Å²) in [6.07, 6.45) is 6.49. The molecule has 0 unspecified atom stereocenters. The first-order valence-corrected chi connectivity index (χ1v) is 8.36. The molecule has 132 valence electrons. The quantitative estimate of drug-likeness (QED) is 0.547. The summed E-state index contributed by atoms with van der Waals surface area (Å²) in [4.78, 5) is 4.39. The Morgan fingerprint density at radius 2 is 2.12 bits per heavy atom. The van der Waals surface area contributed by atoms with E-state index in [0.717, 1.165) is 18.4 Å². The summed E-state index contributed by atoms with van der Waals surface area (Å²) in [6, 6.07) is 1.71. The van der Waals surface area contributed by atoms with Crippen LogP contribution in [0, 0.1) is 0 Å². The summed E-state index contributed by atoms with van der Waals surface area (Å²) in [7, 11) is 3.46. The molecule has 0 radical (unpaired) electrons. The van der Waals surface area contributed by atoms with Gasteiger partial charge in [0.25, 0.3) is 0 Å². The lowest BCUT2D eigenvalue weighted by Gasteiger charge is -2.28. The van der Waals surface area contributed by atoms with Gasteiger partial charge in [0, 0.05) is 18.7 Å². The molecule has 0 aliphatic heterocycles. The van der Waals surface area contributed by atoms with Gasteiger partial charge in [0.1, 0.15) is 18.3 Å². The molecule has 0 N–H and O–H groups in total. The van der Waals surface area contributed by atoms with Crippen molar-refractivity contribution in [2.75, 3.05) is 7.11 Å². The second kappa shape index (κ2) is 5.61. The Morgan fingerprint density at radius 3 is 2.73 bits per heavy atom. The lowest BCUT2D eigenvalue weighted by atomic mass is 9.79. The minimum absolute atomic E-state index is 0.355. The molecule has 0 atom stereocenters. The van der Waals surface area contributed by atoms with Gasteiger partial charge in [-0.2, -0.15) is 9.61 Å². The smallest absolute Gasteiger partial charge is 0.220 e. The van der Waals surface area contributed by atoms with Crippen molar-refractivity contribution in [3.63, 3.8) is 0 Å². The Balaban J connectivity index is 1.83. The summed E-state index contributed by atoms with van der Waals surface area (Å²) in [5.74, 6) is 2.04. The van der Waals surface area contributed by atoms with Crippen LogP contribution in [0.15, 0.2) is 23.2 Å². The normalized spacial score (nSPS) is 14.7. The molecule has 0 aromatic carbocycles. The van der Waals surface area contributed by atoms with E-state index in [1.165, 1.54) is 12.7 Å². The maximum atomic E-state index is 5.75. The van der Waals surface area contributed by atoms with E-state index in [9.17, 15) is 0 Å². The van der Waals surface area contributed by atoms with Crippen LogP contribution in [0.2, 0.25) is 0 Å². The standard InChI is InChI=1S/C16H16N8O2/c1-23-8-17-14(21-23)12-11(9-4-3-5-9)13(25-2)16-19-18-15(24(16)20-12)10-6-7-26-22-10/h6-9H,3-5H2,1-2H3. The number of fused-ring (bicyclic) bond motifs is 1. The van der Waals surface area contributed by atoms with Gasteiger partial charge < -0.3 is 9.26 Å². The van der Waals surface area contributed by atoms with E-state index < -0.39 is 0 Å². The van der Waals surface area contributed by atoms with E-state index in [0.29, 0.717) is 40.4 Å². The van der Waals surface area contributed by atoms with Gasteiger partial charge in [-0.1, -0.05) is 11.6 Å². The second-order valence-electron chi connectivity index (χ2n) is 6.31. The number of hydrogen-bond acceptors (Lipinski definition) is 8. The zero-order valence-corrected chi connectivity index (χ0v) is 14.3. The molecule has 0 saturated heterocycles. The molecule has 1 saturated carbocycles. The fraction of sp³-hybridized carbons (Fsp3) is 0.375. The van der Waals surface area contributed by atoms with Crippen LogP contribution in [0.1, 0.15) is 30.7 Å². The number of hydrogen-bond donors (Lipinski definition) is 0. The molecule has 0 amide bonds. The molecule has 0 bridgehead atoms. The average Bonchev–Trinajstić information content (AvgIpc) is 3.31. The Labute approximate surface area is 147 Å². The molecule has 10 nitrogen and oxygen atoms in total. The van der Waals surface area contributed by atoms with Gasteiger partial charge in [-0.05, 0) is 18.8 Å². The van der Waals surface area contributed by atoms with Crippen molar-refractivity contribution >= 4 is 5.65 Å². The molecule has 10 heteroatoms. The molecule has 1 aliphatic rings. The minimum Gasteiger partial charge on any atom is -0.492 e. The van der Waals surface area contributed by atoms with Gasteiger partial charge in [-0.3, -0.25) is 4.68 Å². The Bertz CT molecular complexity index is 1080. The highest BCUT2D eigenvalue weighted by molar-refractivity contribution is 5.70. The summed E-state index contributed by atoms with van der Waals surface area (Å²) in [6.45, 7) is 0. The van der Waals surface area contributed by atoms with Crippen LogP contribution in [-0.4, -0.2) is 46.8 Å². The molecule has 0 spiro atoms. The summed E-state index contributed by atoms with van der Waals surface area (Å²) in [5, 5.41) is 21.7. The maximum Gasteiger partial charge on any atom is 0.220 e. The summed E-state index contributed by atoms with van der Waals surface area (Å²) >= 11 is 0. The van der Waals surface area contributed by atoms with Crippen LogP contribution < -0.4 is 4.74 Å². The topological polar surface area (TPSA) is 109 Å². The number of rotatable bonds is 4. The highest BCUT2D eigenvalue weighted by Gasteiger charge is 2.32. The van der Waals surface area contributed by atoms with Crippen molar-refractivity contribution < 1.29 is 9.26 Å². The minimum atomic E-state index is 0.355. The molecular formula is C16H16N8O2. The predicted octanol–water partition coefficient (Wildman–Crippen LogP) is 1.85. The molecule has 4 heterocycles. The number of ether oxygens (including phenoxy) is 1. The fourth-order valence-corrected chi connectivity index (χ4v) is 3.28. The fourth-order valence-electron chi connectivity index (χ4n) is 3.28. The van der Waals surface area contributed by atoms with Crippen molar-refractivity contribution in [3.05, 3.63) is 24.2 Å². The molecule has 26 heavy (non-hydrogen) atoms. The first-order valence-electron chi connectivity index (χ1n) is 8.36. The van der Waals surface area contributed by atoms with Gasteiger partial charge in [0.2, 0.25) is 17.3 Å². The van der Waals surface area contributed by atoms with E-state index >= 15 is 0 Å². The van der Waals surface area contributed by atoms with Crippen LogP contribution in [0.4, 0.5) is 0 Å². The second-order valence-corrected chi connectivity index (χ2v) is 6.31. The average molecular weight is 352 g/mol. The van der Waals surface area contributed by atoms with Crippen LogP contribution in [0.3, 0.4) is 0 Å². The van der Waals surface area contributed by atoms with E-state index in [-0.39, 0.29) is 0 Å². The molecule has 4 aromatic heterocycles. The number of aryl methyl sites for hydroxylation is 1. The highest BCUT2D eigenvalue weighted by Crippen LogP contribution is 2.45. The van der Waals surface area contributed by atoms with E-state index in [1.54, 1.807) is 28.7 Å². The third-order valence-corrected chi connectivity index (χ3v) is 4.74. The number of methoxy groups -OCH3 is 1. The third kappa shape index (κ3) is 2.11. The van der Waals surface area contributed by atoms with Gasteiger partial charge in [0.15, 0.2) is 11.4 Å². The molecule has 5 rings (SSSR count). The largest absolute Gasteiger partial charge is 0.492 e. The SMILES string of the molecule is COc1c(C2CCC2)c(-c2ncn(C)n2)nn2c(-c3ccon3)nnc12. The maximum absolute atomic E-state index is 5.75. The molecule has 1 fully saturated rings. The number of aromatic nitrogens is 8. The molecule has 4 aromatic rings. The zero-order valence-electron chi connectivity index (χ0n) is 14.3. The zero-order chi connectivity index (χ0) is 17.7. The Hall–Kier alpha value is -3.30. The van der Waals surface area contributed by atoms with E-state index in [2.05, 4.69) is 25.4 Å². The van der Waals surface area contributed by atoms with Crippen LogP contribution >= 0.6 is 0 Å². The van der Waals surface area contributed by atoms with Crippen molar-refractivity contribution in [3.8, 4) is 28.8 Å². The van der Waals surface area contributed by atoms with Crippen molar-refractivity contribution in [1.82, 2.24) is 39.7 Å². The van der Waals surface area contributed by atoms with Crippen molar-refractivity contribution in [2.45, 2.75) is 25.2 Å². The lowest BCUT2D eigenvalue weighted by Crippen LogP contribution is -2.15. The van der Waals surface area contributed by atoms with Crippen molar-refractivity contribution in [1.29, 1.82) is 0 Å². The van der Waals surface area contributed by atoms with Gasteiger partial charge in [0.05, 0.1) is 7.11 Å². The van der Waals surface area contributed by atoms with Crippen LogP contribution in [-0.2, 0) is 7.05 Å². The summed E-state index contributed by atoms with van der Waals surface area (Å²) in [5.41, 5.74) is 2.77. The van der Waals surface area contributed by atoms with Gasteiger partial charge in [-0.15, -0.1) is 15.3 Å². The van der Waals surface area contributed by atoms with Crippen LogP contribution in [0.25, 0.3) is 28.7 Å².